The molecule has 8 heteroatoms. The summed E-state index contributed by atoms with van der Waals surface area (Å²) in [5, 5.41) is 0. The lowest BCUT2D eigenvalue weighted by Crippen LogP contribution is -2.51. The van der Waals surface area contributed by atoms with Gasteiger partial charge in [-0.25, -0.2) is 17.6 Å². The summed E-state index contributed by atoms with van der Waals surface area (Å²) in [6.45, 7) is 3.00. The minimum Gasteiger partial charge on any atom is -0.370 e. The molecule has 0 bridgehead atoms. The third-order valence-corrected chi connectivity index (χ3v) is 4.51. The predicted molar refractivity (Wildman–Crippen MR) is 96.7 cm³/mol. The number of nitrogens with zero attached hydrogens (tertiary/aromatic N) is 3. The van der Waals surface area contributed by atoms with Crippen molar-refractivity contribution < 1.29 is 17.6 Å². The van der Waals surface area contributed by atoms with Crippen molar-refractivity contribution >= 4 is 11.6 Å². The number of anilines is 1. The second-order valence-corrected chi connectivity index (χ2v) is 6.31. The lowest BCUT2D eigenvalue weighted by molar-refractivity contribution is 0.381. The topological polar surface area (TPSA) is 44.9 Å². The van der Waals surface area contributed by atoms with Crippen LogP contribution < -0.4 is 10.6 Å². The fourth-order valence-corrected chi connectivity index (χ4v) is 3.00. The monoisotopic (exact) mass is 380 g/mol. The molecule has 1 heterocycles. The second kappa shape index (κ2) is 8.28. The highest BCUT2D eigenvalue weighted by Crippen LogP contribution is 2.17. The van der Waals surface area contributed by atoms with Crippen LogP contribution in [0.1, 0.15) is 5.56 Å². The molecular formula is C19H20F4N4. The van der Waals surface area contributed by atoms with Crippen LogP contribution in [0.5, 0.6) is 0 Å². The Morgan fingerprint density at radius 3 is 2.11 bits per heavy atom. The maximum absolute atomic E-state index is 13.2. The van der Waals surface area contributed by atoms with Crippen LogP contribution in [0.15, 0.2) is 41.4 Å². The molecular weight excluding hydrogens is 360 g/mol. The van der Waals surface area contributed by atoms with E-state index in [1.165, 1.54) is 12.1 Å². The molecule has 4 nitrogen and oxygen atoms in total. The zero-order chi connectivity index (χ0) is 19.4. The molecule has 1 fully saturated rings. The van der Waals surface area contributed by atoms with E-state index in [1.54, 1.807) is 12.1 Å². The molecule has 2 N–H and O–H groups in total. The van der Waals surface area contributed by atoms with Crippen molar-refractivity contribution in [3.05, 3.63) is 65.2 Å². The predicted octanol–water partition coefficient (Wildman–Crippen LogP) is 2.92. The summed E-state index contributed by atoms with van der Waals surface area (Å²) in [7, 11) is 0. The van der Waals surface area contributed by atoms with Crippen LogP contribution in [-0.2, 0) is 6.42 Å². The number of nitrogens with two attached hydrogens (primary N) is 1. The highest BCUT2D eigenvalue weighted by atomic mass is 19.2. The van der Waals surface area contributed by atoms with E-state index in [1.807, 2.05) is 4.90 Å². The molecule has 3 rings (SSSR count). The van der Waals surface area contributed by atoms with E-state index in [9.17, 15) is 17.6 Å². The fraction of sp³-hybridized carbons (Fsp3) is 0.316. The second-order valence-electron chi connectivity index (χ2n) is 6.31. The molecule has 1 aliphatic heterocycles. The molecule has 0 spiro atoms. The molecule has 0 aromatic heterocycles. The van der Waals surface area contributed by atoms with Crippen molar-refractivity contribution in [3.63, 3.8) is 0 Å². The van der Waals surface area contributed by atoms with Crippen molar-refractivity contribution in [3.8, 4) is 0 Å². The lowest BCUT2D eigenvalue weighted by atomic mass is 10.1. The van der Waals surface area contributed by atoms with Crippen molar-refractivity contribution in [2.75, 3.05) is 37.6 Å². The Morgan fingerprint density at radius 1 is 0.926 bits per heavy atom. The molecule has 0 amide bonds. The van der Waals surface area contributed by atoms with E-state index < -0.39 is 17.5 Å². The summed E-state index contributed by atoms with van der Waals surface area (Å²) in [6, 6.07) is 8.27. The number of aliphatic imine (C=N–C) groups is 1. The smallest absolute Gasteiger partial charge is 0.194 e. The SMILES string of the molecule is NC(=NCCc1cc(F)c(F)c(F)c1)N1CCN(c2ccc(F)cc2)CC1. The summed E-state index contributed by atoms with van der Waals surface area (Å²) in [5.41, 5.74) is 7.27. The van der Waals surface area contributed by atoms with Gasteiger partial charge in [-0.1, -0.05) is 0 Å². The molecule has 2 aromatic rings. The number of benzene rings is 2. The summed E-state index contributed by atoms with van der Waals surface area (Å²) in [4.78, 5) is 8.30. The number of hydrogen-bond acceptors (Lipinski definition) is 2. The molecule has 1 saturated heterocycles. The van der Waals surface area contributed by atoms with E-state index in [0.29, 0.717) is 24.6 Å². The average molecular weight is 380 g/mol. The van der Waals surface area contributed by atoms with E-state index in [4.69, 9.17) is 5.73 Å². The molecule has 0 radical (unpaired) electrons. The van der Waals surface area contributed by atoms with Gasteiger partial charge in [0.05, 0.1) is 0 Å². The van der Waals surface area contributed by atoms with Crippen LogP contribution in [0.4, 0.5) is 23.2 Å². The quantitative estimate of drug-likeness (QED) is 0.384. The van der Waals surface area contributed by atoms with Gasteiger partial charge < -0.3 is 15.5 Å². The number of hydrogen-bond donors (Lipinski definition) is 1. The Hall–Kier alpha value is -2.77. The van der Waals surface area contributed by atoms with Crippen LogP contribution in [0.3, 0.4) is 0 Å². The van der Waals surface area contributed by atoms with E-state index in [2.05, 4.69) is 9.89 Å². The highest BCUT2D eigenvalue weighted by molar-refractivity contribution is 5.78. The zero-order valence-electron chi connectivity index (χ0n) is 14.6. The minimum absolute atomic E-state index is 0.245. The average Bonchev–Trinajstić information content (AvgIpc) is 2.66. The van der Waals surface area contributed by atoms with Gasteiger partial charge in [0.25, 0.3) is 0 Å². The van der Waals surface area contributed by atoms with Gasteiger partial charge in [-0.3, -0.25) is 4.99 Å². The molecule has 0 unspecified atom stereocenters. The molecule has 0 atom stereocenters. The van der Waals surface area contributed by atoms with Crippen LogP contribution >= 0.6 is 0 Å². The summed E-state index contributed by atoms with van der Waals surface area (Å²) < 4.78 is 52.4. The Balaban J connectivity index is 1.51. The minimum atomic E-state index is -1.47. The highest BCUT2D eigenvalue weighted by Gasteiger charge is 2.18. The van der Waals surface area contributed by atoms with Gasteiger partial charge in [-0.05, 0) is 48.4 Å². The number of halogens is 4. The van der Waals surface area contributed by atoms with Gasteiger partial charge in [0, 0.05) is 38.4 Å². The first kappa shape index (κ1) is 19.0. The lowest BCUT2D eigenvalue weighted by Gasteiger charge is -2.36. The Bertz CT molecular complexity index is 792. The van der Waals surface area contributed by atoms with Gasteiger partial charge in [0.2, 0.25) is 0 Å². The van der Waals surface area contributed by atoms with Gasteiger partial charge in [-0.15, -0.1) is 0 Å². The van der Waals surface area contributed by atoms with Gasteiger partial charge in [0.15, 0.2) is 23.4 Å². The van der Waals surface area contributed by atoms with Gasteiger partial charge in [-0.2, -0.15) is 0 Å². The molecule has 0 aliphatic carbocycles. The first-order valence-electron chi connectivity index (χ1n) is 8.63. The molecule has 0 saturated carbocycles. The first-order valence-corrected chi connectivity index (χ1v) is 8.63. The number of rotatable bonds is 4. The molecule has 144 valence electrons. The Morgan fingerprint density at radius 2 is 1.52 bits per heavy atom. The first-order chi connectivity index (χ1) is 12.9. The molecule has 2 aromatic carbocycles. The van der Waals surface area contributed by atoms with Crippen LogP contribution in [0, 0.1) is 23.3 Å². The summed E-state index contributed by atoms with van der Waals surface area (Å²) in [5.74, 6) is -3.80. The van der Waals surface area contributed by atoms with Crippen molar-refractivity contribution in [1.82, 2.24) is 4.90 Å². The maximum Gasteiger partial charge on any atom is 0.194 e. The third kappa shape index (κ3) is 4.69. The fourth-order valence-electron chi connectivity index (χ4n) is 3.00. The Labute approximate surface area is 154 Å². The van der Waals surface area contributed by atoms with Gasteiger partial charge in [0.1, 0.15) is 5.82 Å². The van der Waals surface area contributed by atoms with Crippen molar-refractivity contribution in [2.45, 2.75) is 6.42 Å². The summed E-state index contributed by atoms with van der Waals surface area (Å²) >= 11 is 0. The third-order valence-electron chi connectivity index (χ3n) is 4.51. The molecule has 1 aliphatic rings. The standard InChI is InChI=1S/C19H20F4N4/c20-14-1-3-15(4-2-14)26-7-9-27(10-8-26)19(24)25-6-5-13-11-16(21)18(23)17(22)12-13/h1-4,11-12H,5-10H2,(H2,24,25). The number of piperazine rings is 1. The molecule has 27 heavy (non-hydrogen) atoms. The van der Waals surface area contributed by atoms with Crippen LogP contribution in [-0.4, -0.2) is 43.6 Å². The van der Waals surface area contributed by atoms with E-state index in [-0.39, 0.29) is 18.8 Å². The normalized spacial score (nSPS) is 15.3. The van der Waals surface area contributed by atoms with Gasteiger partial charge >= 0.3 is 0 Å². The van der Waals surface area contributed by atoms with E-state index in [0.717, 1.165) is 30.9 Å². The number of guanidine groups is 1. The largest absolute Gasteiger partial charge is 0.370 e. The van der Waals surface area contributed by atoms with Crippen molar-refractivity contribution in [2.24, 2.45) is 10.7 Å². The Kier molecular flexibility index (Phi) is 5.83. The van der Waals surface area contributed by atoms with Crippen molar-refractivity contribution in [1.29, 1.82) is 0 Å². The zero-order valence-corrected chi connectivity index (χ0v) is 14.6. The van der Waals surface area contributed by atoms with E-state index >= 15 is 0 Å². The maximum atomic E-state index is 13.2. The van der Waals surface area contributed by atoms with Crippen LogP contribution in [0.25, 0.3) is 0 Å². The van der Waals surface area contributed by atoms with Crippen LogP contribution in [0.2, 0.25) is 0 Å². The summed E-state index contributed by atoms with van der Waals surface area (Å²) in [6.07, 6.45) is 0.254.